The molecule has 0 aromatic heterocycles. The van der Waals surface area contributed by atoms with Crippen LogP contribution in [0.3, 0.4) is 0 Å². The maximum absolute atomic E-state index is 5.67. The molecule has 1 saturated heterocycles. The van der Waals surface area contributed by atoms with Crippen LogP contribution in [-0.4, -0.2) is 20.8 Å². The van der Waals surface area contributed by atoms with Gasteiger partial charge in [0, 0.05) is 11.1 Å². The second-order valence-corrected chi connectivity index (χ2v) is 6.13. The molecule has 1 heterocycles. The third-order valence-corrected chi connectivity index (χ3v) is 5.10. The van der Waals surface area contributed by atoms with E-state index in [4.69, 9.17) is 9.47 Å². The zero-order valence-electron chi connectivity index (χ0n) is 12.6. The van der Waals surface area contributed by atoms with Crippen LogP contribution in [0.5, 0.6) is 11.5 Å². The molecule has 2 rings (SSSR count). The summed E-state index contributed by atoms with van der Waals surface area (Å²) in [5.74, 6) is 1.70. The summed E-state index contributed by atoms with van der Waals surface area (Å²) in [7, 11) is 3.40. The van der Waals surface area contributed by atoms with E-state index in [1.807, 2.05) is 6.07 Å². The van der Waals surface area contributed by atoms with E-state index in [1.165, 1.54) is 24.8 Å². The van der Waals surface area contributed by atoms with Crippen molar-refractivity contribution >= 4 is 15.9 Å². The highest BCUT2D eigenvalue weighted by Crippen LogP contribution is 2.44. The van der Waals surface area contributed by atoms with Gasteiger partial charge in [-0.15, -0.1) is 0 Å². The lowest BCUT2D eigenvalue weighted by Crippen LogP contribution is -2.41. The highest BCUT2D eigenvalue weighted by atomic mass is 79.9. The number of methoxy groups -OCH3 is 2. The molecule has 1 unspecified atom stereocenters. The smallest absolute Gasteiger partial charge is 0.141 e. The fourth-order valence-electron chi connectivity index (χ4n) is 3.14. The normalized spacial score (nSPS) is 23.2. The van der Waals surface area contributed by atoms with Crippen molar-refractivity contribution in [1.29, 1.82) is 0 Å². The SMILES string of the molecule is CCC1(c2ccc(OC)c(Br)c2OC)CCCCCN1. The summed E-state index contributed by atoms with van der Waals surface area (Å²) in [6.07, 6.45) is 6.02. The maximum atomic E-state index is 5.67. The second-order valence-electron chi connectivity index (χ2n) is 5.34. The van der Waals surface area contributed by atoms with Gasteiger partial charge in [0.05, 0.1) is 14.2 Å². The Morgan fingerprint density at radius 3 is 2.65 bits per heavy atom. The van der Waals surface area contributed by atoms with E-state index >= 15 is 0 Å². The lowest BCUT2D eigenvalue weighted by Gasteiger charge is -2.35. The monoisotopic (exact) mass is 341 g/mol. The Hall–Kier alpha value is -0.740. The van der Waals surface area contributed by atoms with Crippen LogP contribution < -0.4 is 14.8 Å². The summed E-state index contributed by atoms with van der Waals surface area (Å²) >= 11 is 3.61. The molecule has 0 saturated carbocycles. The quantitative estimate of drug-likeness (QED) is 0.888. The maximum Gasteiger partial charge on any atom is 0.141 e. The fourth-order valence-corrected chi connectivity index (χ4v) is 3.81. The molecule has 1 aromatic carbocycles. The van der Waals surface area contributed by atoms with Crippen molar-refractivity contribution in [2.75, 3.05) is 20.8 Å². The minimum absolute atomic E-state index is 0.0106. The Morgan fingerprint density at radius 1 is 1.20 bits per heavy atom. The van der Waals surface area contributed by atoms with Gasteiger partial charge >= 0.3 is 0 Å². The molecule has 0 bridgehead atoms. The van der Waals surface area contributed by atoms with E-state index in [2.05, 4.69) is 34.2 Å². The number of hydrogen-bond donors (Lipinski definition) is 1. The molecule has 1 aromatic rings. The van der Waals surface area contributed by atoms with Crippen LogP contribution in [0, 0.1) is 0 Å². The first-order chi connectivity index (χ1) is 9.68. The Labute approximate surface area is 130 Å². The van der Waals surface area contributed by atoms with Gasteiger partial charge < -0.3 is 14.8 Å². The Balaban J connectivity index is 2.50. The number of benzene rings is 1. The number of halogens is 1. The molecule has 112 valence electrons. The number of ether oxygens (including phenoxy) is 2. The molecule has 0 radical (unpaired) electrons. The number of rotatable bonds is 4. The molecule has 3 nitrogen and oxygen atoms in total. The van der Waals surface area contributed by atoms with E-state index < -0.39 is 0 Å². The molecule has 1 aliphatic rings. The van der Waals surface area contributed by atoms with Crippen LogP contribution in [0.15, 0.2) is 16.6 Å². The van der Waals surface area contributed by atoms with E-state index in [9.17, 15) is 0 Å². The summed E-state index contributed by atoms with van der Waals surface area (Å²) in [5, 5.41) is 3.76. The van der Waals surface area contributed by atoms with Crippen molar-refractivity contribution in [3.05, 3.63) is 22.2 Å². The standard InChI is InChI=1S/C16H24BrNO2/c1-4-16(10-6-5-7-11-18-16)12-8-9-13(19-2)14(17)15(12)20-3/h8-9,18H,4-7,10-11H2,1-3H3. The van der Waals surface area contributed by atoms with Crippen LogP contribution in [0.4, 0.5) is 0 Å². The molecule has 1 aliphatic heterocycles. The topological polar surface area (TPSA) is 30.5 Å². The van der Waals surface area contributed by atoms with Gasteiger partial charge in [-0.3, -0.25) is 0 Å². The van der Waals surface area contributed by atoms with Gasteiger partial charge in [-0.2, -0.15) is 0 Å². The summed E-state index contributed by atoms with van der Waals surface area (Å²) in [5.41, 5.74) is 1.24. The molecule has 1 fully saturated rings. The van der Waals surface area contributed by atoms with Gasteiger partial charge in [-0.1, -0.05) is 19.8 Å². The van der Waals surface area contributed by atoms with Crippen molar-refractivity contribution in [2.24, 2.45) is 0 Å². The summed E-state index contributed by atoms with van der Waals surface area (Å²) in [6, 6.07) is 4.16. The summed E-state index contributed by atoms with van der Waals surface area (Å²) in [6.45, 7) is 3.32. The fraction of sp³-hybridized carbons (Fsp3) is 0.625. The van der Waals surface area contributed by atoms with Gasteiger partial charge in [0.15, 0.2) is 0 Å². The van der Waals surface area contributed by atoms with Crippen molar-refractivity contribution < 1.29 is 9.47 Å². The van der Waals surface area contributed by atoms with E-state index in [-0.39, 0.29) is 5.54 Å². The largest absolute Gasteiger partial charge is 0.495 e. The van der Waals surface area contributed by atoms with Gasteiger partial charge in [0.2, 0.25) is 0 Å². The first-order valence-corrected chi connectivity index (χ1v) is 8.14. The van der Waals surface area contributed by atoms with Crippen LogP contribution in [0.25, 0.3) is 0 Å². The third-order valence-electron chi connectivity index (χ3n) is 4.35. The molecule has 1 atom stereocenters. The van der Waals surface area contributed by atoms with Crippen LogP contribution in [0.2, 0.25) is 0 Å². The molecule has 20 heavy (non-hydrogen) atoms. The summed E-state index contributed by atoms with van der Waals surface area (Å²) in [4.78, 5) is 0. The highest BCUT2D eigenvalue weighted by Gasteiger charge is 2.34. The molecule has 0 spiro atoms. The van der Waals surface area contributed by atoms with Gasteiger partial charge in [-0.05, 0) is 53.9 Å². The minimum atomic E-state index is 0.0106. The molecular weight excluding hydrogens is 318 g/mol. The molecule has 0 amide bonds. The molecule has 1 N–H and O–H groups in total. The Morgan fingerprint density at radius 2 is 2.00 bits per heavy atom. The van der Waals surface area contributed by atoms with Crippen LogP contribution in [-0.2, 0) is 5.54 Å². The first kappa shape index (κ1) is 15.6. The Kier molecular flexibility index (Phi) is 5.33. The Bertz CT molecular complexity index is 454. The van der Waals surface area contributed by atoms with Gasteiger partial charge in [0.1, 0.15) is 16.0 Å². The van der Waals surface area contributed by atoms with Crippen LogP contribution in [0.1, 0.15) is 44.6 Å². The van der Waals surface area contributed by atoms with Crippen molar-refractivity contribution in [2.45, 2.75) is 44.6 Å². The zero-order chi connectivity index (χ0) is 14.6. The minimum Gasteiger partial charge on any atom is -0.495 e. The van der Waals surface area contributed by atoms with Gasteiger partial charge in [0.25, 0.3) is 0 Å². The van der Waals surface area contributed by atoms with E-state index in [0.717, 1.165) is 35.4 Å². The first-order valence-electron chi connectivity index (χ1n) is 7.34. The molecule has 4 heteroatoms. The zero-order valence-corrected chi connectivity index (χ0v) is 14.2. The van der Waals surface area contributed by atoms with Crippen molar-refractivity contribution in [1.82, 2.24) is 5.32 Å². The average molecular weight is 342 g/mol. The third kappa shape index (κ3) is 2.82. The highest BCUT2D eigenvalue weighted by molar-refractivity contribution is 9.10. The lowest BCUT2D eigenvalue weighted by molar-refractivity contribution is 0.293. The predicted octanol–water partition coefficient (Wildman–Crippen LogP) is 4.24. The average Bonchev–Trinajstić information content (AvgIpc) is 2.73. The van der Waals surface area contributed by atoms with Crippen molar-refractivity contribution in [3.8, 4) is 11.5 Å². The van der Waals surface area contributed by atoms with E-state index in [1.54, 1.807) is 14.2 Å². The number of nitrogens with one attached hydrogen (secondary N) is 1. The second kappa shape index (κ2) is 6.81. The molecular formula is C16H24BrNO2. The van der Waals surface area contributed by atoms with Crippen molar-refractivity contribution in [3.63, 3.8) is 0 Å². The predicted molar refractivity (Wildman–Crippen MR) is 85.7 cm³/mol. The van der Waals surface area contributed by atoms with E-state index in [0.29, 0.717) is 0 Å². The summed E-state index contributed by atoms with van der Waals surface area (Å²) < 4.78 is 11.9. The number of hydrogen-bond acceptors (Lipinski definition) is 3. The molecule has 0 aliphatic carbocycles. The lowest BCUT2D eigenvalue weighted by atomic mass is 9.82. The van der Waals surface area contributed by atoms with Gasteiger partial charge in [-0.25, -0.2) is 0 Å². The van der Waals surface area contributed by atoms with Crippen LogP contribution >= 0.6 is 15.9 Å².